The summed E-state index contributed by atoms with van der Waals surface area (Å²) in [5.74, 6) is 1.98. The van der Waals surface area contributed by atoms with Gasteiger partial charge in [-0.3, -0.25) is 5.41 Å². The Hall–Kier alpha value is -2.49. The van der Waals surface area contributed by atoms with Crippen molar-refractivity contribution in [2.24, 2.45) is 5.73 Å². The lowest BCUT2D eigenvalue weighted by Gasteiger charge is -2.18. The fourth-order valence-electron chi connectivity index (χ4n) is 2.56. The molecule has 3 rings (SSSR count). The molecular weight excluding hydrogens is 264 g/mol. The van der Waals surface area contributed by atoms with Crippen LogP contribution >= 0.6 is 0 Å². The van der Waals surface area contributed by atoms with Gasteiger partial charge in [0.05, 0.1) is 5.56 Å². The largest absolute Gasteiger partial charge is 0.483 e. The minimum absolute atomic E-state index is 0.0144. The van der Waals surface area contributed by atoms with Crippen molar-refractivity contribution in [3.8, 4) is 17.2 Å². The highest BCUT2D eigenvalue weighted by atomic mass is 16.5. The van der Waals surface area contributed by atoms with E-state index in [1.807, 2.05) is 30.3 Å². The highest BCUT2D eigenvalue weighted by Crippen LogP contribution is 2.43. The Morgan fingerprint density at radius 2 is 1.86 bits per heavy atom. The molecule has 21 heavy (non-hydrogen) atoms. The lowest BCUT2D eigenvalue weighted by molar-refractivity contribution is 0.135. The maximum atomic E-state index is 7.62. The molecule has 0 unspecified atom stereocenters. The Labute approximate surface area is 124 Å². The lowest BCUT2D eigenvalue weighted by Crippen LogP contribution is -2.24. The Morgan fingerprint density at radius 1 is 1.14 bits per heavy atom. The van der Waals surface area contributed by atoms with Gasteiger partial charge >= 0.3 is 0 Å². The molecule has 108 valence electrons. The zero-order valence-electron chi connectivity index (χ0n) is 12.1. The van der Waals surface area contributed by atoms with Gasteiger partial charge in [-0.15, -0.1) is 0 Å². The summed E-state index contributed by atoms with van der Waals surface area (Å²) in [7, 11) is 0. The third-order valence-corrected chi connectivity index (χ3v) is 3.45. The Morgan fingerprint density at radius 3 is 2.62 bits per heavy atom. The van der Waals surface area contributed by atoms with Crippen LogP contribution in [0.15, 0.2) is 42.5 Å². The molecule has 0 spiro atoms. The number of hydrogen-bond acceptors (Lipinski definition) is 3. The van der Waals surface area contributed by atoms with Gasteiger partial charge in [0.15, 0.2) is 11.5 Å². The molecule has 0 bridgehead atoms. The van der Waals surface area contributed by atoms with E-state index in [0.29, 0.717) is 17.1 Å². The second kappa shape index (κ2) is 4.81. The molecule has 0 radical (unpaired) electrons. The zero-order valence-corrected chi connectivity index (χ0v) is 12.1. The number of amidine groups is 1. The summed E-state index contributed by atoms with van der Waals surface area (Å²) in [5, 5.41) is 7.62. The molecule has 4 nitrogen and oxygen atoms in total. The van der Waals surface area contributed by atoms with Crippen molar-refractivity contribution in [2.75, 3.05) is 0 Å². The summed E-state index contributed by atoms with van der Waals surface area (Å²) in [5.41, 5.74) is 7.09. The van der Waals surface area contributed by atoms with Crippen LogP contribution in [0.4, 0.5) is 0 Å². The first-order valence-electron chi connectivity index (χ1n) is 6.88. The van der Waals surface area contributed by atoms with Gasteiger partial charge in [-0.1, -0.05) is 24.3 Å². The molecule has 2 aromatic rings. The molecule has 1 aliphatic rings. The summed E-state index contributed by atoms with van der Waals surface area (Å²) in [6.07, 6.45) is 0.855. The van der Waals surface area contributed by atoms with Crippen LogP contribution in [-0.4, -0.2) is 11.4 Å². The molecule has 0 aliphatic carbocycles. The number of nitrogen functional groups attached to an aromatic ring is 1. The Kier molecular flexibility index (Phi) is 3.09. The van der Waals surface area contributed by atoms with E-state index in [-0.39, 0.29) is 11.4 Å². The number of fused-ring (bicyclic) bond motifs is 1. The molecule has 2 aromatic carbocycles. The zero-order chi connectivity index (χ0) is 15.0. The van der Waals surface area contributed by atoms with Gasteiger partial charge in [0.1, 0.15) is 17.2 Å². The monoisotopic (exact) mass is 282 g/mol. The van der Waals surface area contributed by atoms with Crippen LogP contribution in [0.25, 0.3) is 0 Å². The number of ether oxygens (including phenoxy) is 2. The fourth-order valence-corrected chi connectivity index (χ4v) is 2.56. The molecule has 0 atom stereocenters. The molecule has 0 aromatic heterocycles. The first-order valence-corrected chi connectivity index (χ1v) is 6.88. The summed E-state index contributed by atoms with van der Waals surface area (Å²) >= 11 is 0. The average molecular weight is 282 g/mol. The SMILES string of the molecule is CC1(C)Cc2cccc(Oc3ccccc3C(=N)N)c2O1. The molecule has 0 saturated carbocycles. The average Bonchev–Trinajstić information content (AvgIpc) is 2.74. The van der Waals surface area contributed by atoms with Gasteiger partial charge < -0.3 is 15.2 Å². The van der Waals surface area contributed by atoms with E-state index < -0.39 is 0 Å². The molecule has 0 amide bonds. The van der Waals surface area contributed by atoms with Crippen LogP contribution in [-0.2, 0) is 6.42 Å². The standard InChI is InChI=1S/C17H18N2O2/c1-17(2)10-11-6-5-9-14(15(11)21-17)20-13-8-4-3-7-12(13)16(18)19/h3-9H,10H2,1-2H3,(H3,18,19). The van der Waals surface area contributed by atoms with E-state index in [1.54, 1.807) is 12.1 Å². The van der Waals surface area contributed by atoms with Crippen molar-refractivity contribution in [1.82, 2.24) is 0 Å². The third kappa shape index (κ3) is 2.57. The first-order chi connectivity index (χ1) is 9.96. The van der Waals surface area contributed by atoms with E-state index in [0.717, 1.165) is 17.7 Å². The van der Waals surface area contributed by atoms with Crippen LogP contribution in [0, 0.1) is 5.41 Å². The Balaban J connectivity index is 1.98. The number of benzene rings is 2. The minimum atomic E-state index is -0.220. The molecule has 1 heterocycles. The van der Waals surface area contributed by atoms with Gasteiger partial charge in [0.2, 0.25) is 0 Å². The van der Waals surface area contributed by atoms with Crippen molar-refractivity contribution < 1.29 is 9.47 Å². The second-order valence-corrected chi connectivity index (χ2v) is 5.79. The predicted molar refractivity (Wildman–Crippen MR) is 82.4 cm³/mol. The van der Waals surface area contributed by atoms with Gasteiger partial charge in [-0.2, -0.15) is 0 Å². The first kappa shape index (κ1) is 13.5. The third-order valence-electron chi connectivity index (χ3n) is 3.45. The van der Waals surface area contributed by atoms with Crippen molar-refractivity contribution in [3.63, 3.8) is 0 Å². The maximum Gasteiger partial charge on any atom is 0.169 e. The summed E-state index contributed by atoms with van der Waals surface area (Å²) in [6, 6.07) is 13.1. The van der Waals surface area contributed by atoms with E-state index in [2.05, 4.69) is 13.8 Å². The quantitative estimate of drug-likeness (QED) is 0.669. The predicted octanol–water partition coefficient (Wildman–Crippen LogP) is 3.48. The highest BCUT2D eigenvalue weighted by molar-refractivity contribution is 5.97. The van der Waals surface area contributed by atoms with Crippen molar-refractivity contribution in [3.05, 3.63) is 53.6 Å². The number of nitrogens with one attached hydrogen (secondary N) is 1. The molecule has 4 heteroatoms. The van der Waals surface area contributed by atoms with Crippen LogP contribution in [0.1, 0.15) is 25.0 Å². The van der Waals surface area contributed by atoms with Gasteiger partial charge in [-0.25, -0.2) is 0 Å². The van der Waals surface area contributed by atoms with E-state index in [1.165, 1.54) is 0 Å². The normalized spacial score (nSPS) is 15.1. The molecule has 0 saturated heterocycles. The van der Waals surface area contributed by atoms with Crippen molar-refractivity contribution in [2.45, 2.75) is 25.9 Å². The number of hydrogen-bond donors (Lipinski definition) is 2. The summed E-state index contributed by atoms with van der Waals surface area (Å²) in [6.45, 7) is 4.11. The van der Waals surface area contributed by atoms with Crippen molar-refractivity contribution in [1.29, 1.82) is 5.41 Å². The van der Waals surface area contributed by atoms with E-state index in [9.17, 15) is 0 Å². The molecule has 3 N–H and O–H groups in total. The molecule has 1 aliphatic heterocycles. The smallest absolute Gasteiger partial charge is 0.169 e. The van der Waals surface area contributed by atoms with Crippen molar-refractivity contribution >= 4 is 5.84 Å². The number of nitrogens with two attached hydrogens (primary N) is 1. The summed E-state index contributed by atoms with van der Waals surface area (Å²) < 4.78 is 11.9. The van der Waals surface area contributed by atoms with E-state index in [4.69, 9.17) is 20.6 Å². The molecule has 0 fully saturated rings. The second-order valence-electron chi connectivity index (χ2n) is 5.79. The van der Waals surface area contributed by atoms with Gasteiger partial charge in [0, 0.05) is 12.0 Å². The van der Waals surface area contributed by atoms with Gasteiger partial charge in [0.25, 0.3) is 0 Å². The Bertz CT molecular complexity index is 708. The van der Waals surface area contributed by atoms with Crippen LogP contribution in [0.5, 0.6) is 17.2 Å². The lowest BCUT2D eigenvalue weighted by atomic mass is 10.0. The number of para-hydroxylation sites is 2. The van der Waals surface area contributed by atoms with Crippen LogP contribution < -0.4 is 15.2 Å². The summed E-state index contributed by atoms with van der Waals surface area (Å²) in [4.78, 5) is 0. The highest BCUT2D eigenvalue weighted by Gasteiger charge is 2.32. The topological polar surface area (TPSA) is 68.3 Å². The number of rotatable bonds is 3. The van der Waals surface area contributed by atoms with Gasteiger partial charge in [-0.05, 0) is 32.0 Å². The van der Waals surface area contributed by atoms with Crippen LogP contribution in [0.2, 0.25) is 0 Å². The molecular formula is C17H18N2O2. The van der Waals surface area contributed by atoms with Crippen LogP contribution in [0.3, 0.4) is 0 Å². The fraction of sp³-hybridized carbons (Fsp3) is 0.235. The maximum absolute atomic E-state index is 7.62. The van der Waals surface area contributed by atoms with E-state index >= 15 is 0 Å². The minimum Gasteiger partial charge on any atom is -0.483 e.